The topological polar surface area (TPSA) is 49.9 Å². The molecule has 0 aliphatic carbocycles. The van der Waals surface area contributed by atoms with E-state index in [1.807, 2.05) is 49.4 Å². The lowest BCUT2D eigenvalue weighted by Gasteiger charge is -2.34. The summed E-state index contributed by atoms with van der Waals surface area (Å²) in [6.07, 6.45) is 0. The van der Waals surface area contributed by atoms with E-state index in [-0.39, 0.29) is 5.75 Å². The standard InChI is InChI=1S/C20H26N2O3S/c1-17-7-3-4-9-19(17)16-26(23,24)22-13-11-21(12-14-22)15-18-8-5-6-10-20(18)25-2/h3-10H,11-16H2,1-2H3. The maximum absolute atomic E-state index is 12.8. The molecular formula is C20H26N2O3S. The Morgan fingerprint density at radius 3 is 2.19 bits per heavy atom. The Kier molecular flexibility index (Phi) is 5.96. The zero-order valence-electron chi connectivity index (χ0n) is 15.4. The Balaban J connectivity index is 1.60. The van der Waals surface area contributed by atoms with Crippen LogP contribution >= 0.6 is 0 Å². The van der Waals surface area contributed by atoms with Crippen molar-refractivity contribution in [2.75, 3.05) is 33.3 Å². The number of hydrogen-bond donors (Lipinski definition) is 0. The van der Waals surface area contributed by atoms with Gasteiger partial charge < -0.3 is 4.74 Å². The summed E-state index contributed by atoms with van der Waals surface area (Å²) >= 11 is 0. The van der Waals surface area contributed by atoms with E-state index in [0.717, 1.165) is 42.1 Å². The Morgan fingerprint density at radius 1 is 0.923 bits per heavy atom. The second-order valence-electron chi connectivity index (χ2n) is 6.67. The van der Waals surface area contributed by atoms with Crippen LogP contribution in [-0.2, 0) is 22.3 Å². The number of methoxy groups -OCH3 is 1. The van der Waals surface area contributed by atoms with Gasteiger partial charge in [0.2, 0.25) is 10.0 Å². The molecule has 0 bridgehead atoms. The maximum Gasteiger partial charge on any atom is 0.218 e. The Bertz CT molecular complexity index is 844. The van der Waals surface area contributed by atoms with Gasteiger partial charge in [-0.1, -0.05) is 42.5 Å². The molecule has 26 heavy (non-hydrogen) atoms. The lowest BCUT2D eigenvalue weighted by Crippen LogP contribution is -2.48. The quantitative estimate of drug-likeness (QED) is 0.780. The van der Waals surface area contributed by atoms with Gasteiger partial charge in [-0.15, -0.1) is 0 Å². The van der Waals surface area contributed by atoms with Gasteiger partial charge in [-0.2, -0.15) is 4.31 Å². The number of sulfonamides is 1. The van der Waals surface area contributed by atoms with Gasteiger partial charge in [-0.3, -0.25) is 4.90 Å². The third-order valence-corrected chi connectivity index (χ3v) is 6.74. The van der Waals surface area contributed by atoms with Gasteiger partial charge in [-0.25, -0.2) is 8.42 Å². The number of ether oxygens (including phenoxy) is 1. The molecule has 1 heterocycles. The average Bonchev–Trinajstić information content (AvgIpc) is 2.64. The zero-order chi connectivity index (χ0) is 18.6. The van der Waals surface area contributed by atoms with Crippen LogP contribution in [0.1, 0.15) is 16.7 Å². The highest BCUT2D eigenvalue weighted by atomic mass is 32.2. The van der Waals surface area contributed by atoms with Gasteiger partial charge in [0.25, 0.3) is 0 Å². The van der Waals surface area contributed by atoms with Crippen LogP contribution in [0.5, 0.6) is 5.75 Å². The molecule has 0 N–H and O–H groups in total. The van der Waals surface area contributed by atoms with E-state index in [2.05, 4.69) is 11.0 Å². The summed E-state index contributed by atoms with van der Waals surface area (Å²) in [4.78, 5) is 2.28. The lowest BCUT2D eigenvalue weighted by molar-refractivity contribution is 0.180. The SMILES string of the molecule is COc1ccccc1CN1CCN(S(=O)(=O)Cc2ccccc2C)CC1. The largest absolute Gasteiger partial charge is 0.496 e. The molecule has 1 aliphatic rings. The summed E-state index contributed by atoms with van der Waals surface area (Å²) < 4.78 is 32.6. The van der Waals surface area contributed by atoms with Crippen molar-refractivity contribution in [2.45, 2.75) is 19.2 Å². The number of benzene rings is 2. The molecule has 1 aliphatic heterocycles. The van der Waals surface area contributed by atoms with E-state index >= 15 is 0 Å². The normalized spacial score (nSPS) is 16.5. The van der Waals surface area contributed by atoms with E-state index in [1.54, 1.807) is 11.4 Å². The molecule has 0 aromatic heterocycles. The van der Waals surface area contributed by atoms with Crippen molar-refractivity contribution in [1.82, 2.24) is 9.21 Å². The van der Waals surface area contributed by atoms with Crippen LogP contribution in [-0.4, -0.2) is 50.9 Å². The van der Waals surface area contributed by atoms with Gasteiger partial charge in [0, 0.05) is 38.3 Å². The number of aryl methyl sites for hydroxylation is 1. The molecule has 0 amide bonds. The highest BCUT2D eigenvalue weighted by molar-refractivity contribution is 7.88. The molecule has 0 radical (unpaired) electrons. The van der Waals surface area contributed by atoms with E-state index in [1.165, 1.54) is 0 Å². The first kappa shape index (κ1) is 18.9. The predicted octanol–water partition coefficient (Wildman–Crippen LogP) is 2.65. The highest BCUT2D eigenvalue weighted by Gasteiger charge is 2.27. The van der Waals surface area contributed by atoms with Gasteiger partial charge in [0.1, 0.15) is 5.75 Å². The molecule has 0 saturated carbocycles. The molecule has 2 aromatic rings. The van der Waals surface area contributed by atoms with E-state index < -0.39 is 10.0 Å². The summed E-state index contributed by atoms with van der Waals surface area (Å²) in [6, 6.07) is 15.6. The molecule has 0 spiro atoms. The van der Waals surface area contributed by atoms with Gasteiger partial charge in [0.15, 0.2) is 0 Å². The number of rotatable bonds is 6. The maximum atomic E-state index is 12.8. The first-order chi connectivity index (χ1) is 12.5. The van der Waals surface area contributed by atoms with E-state index in [4.69, 9.17) is 4.74 Å². The Morgan fingerprint density at radius 2 is 1.54 bits per heavy atom. The summed E-state index contributed by atoms with van der Waals surface area (Å²) in [5, 5.41) is 0. The van der Waals surface area contributed by atoms with Gasteiger partial charge >= 0.3 is 0 Å². The van der Waals surface area contributed by atoms with Crippen LogP contribution in [0.4, 0.5) is 0 Å². The van der Waals surface area contributed by atoms with E-state index in [0.29, 0.717) is 13.1 Å². The zero-order valence-corrected chi connectivity index (χ0v) is 16.2. The average molecular weight is 375 g/mol. The molecular weight excluding hydrogens is 348 g/mol. The fraction of sp³-hybridized carbons (Fsp3) is 0.400. The minimum absolute atomic E-state index is 0.0756. The second kappa shape index (κ2) is 8.20. The third kappa shape index (κ3) is 4.44. The smallest absolute Gasteiger partial charge is 0.218 e. The first-order valence-corrected chi connectivity index (χ1v) is 10.5. The van der Waals surface area contributed by atoms with Crippen LogP contribution in [0.15, 0.2) is 48.5 Å². The lowest BCUT2D eigenvalue weighted by atomic mass is 10.1. The summed E-state index contributed by atoms with van der Waals surface area (Å²) in [6.45, 7) is 5.24. The fourth-order valence-corrected chi connectivity index (χ4v) is 4.92. The summed E-state index contributed by atoms with van der Waals surface area (Å²) in [7, 11) is -1.61. The first-order valence-electron chi connectivity index (χ1n) is 8.86. The molecule has 140 valence electrons. The van der Waals surface area contributed by atoms with Gasteiger partial charge in [-0.05, 0) is 24.1 Å². The fourth-order valence-electron chi connectivity index (χ4n) is 3.30. The Hall–Kier alpha value is -1.89. The monoisotopic (exact) mass is 374 g/mol. The van der Waals surface area contributed by atoms with Crippen molar-refractivity contribution >= 4 is 10.0 Å². The molecule has 5 nitrogen and oxygen atoms in total. The molecule has 0 atom stereocenters. The number of para-hydroxylation sites is 1. The van der Waals surface area contributed by atoms with Crippen molar-refractivity contribution in [2.24, 2.45) is 0 Å². The minimum atomic E-state index is -3.29. The predicted molar refractivity (Wildman–Crippen MR) is 104 cm³/mol. The second-order valence-corrected chi connectivity index (χ2v) is 8.64. The molecule has 1 saturated heterocycles. The van der Waals surface area contributed by atoms with Crippen LogP contribution in [0.3, 0.4) is 0 Å². The van der Waals surface area contributed by atoms with Crippen molar-refractivity contribution < 1.29 is 13.2 Å². The molecule has 2 aromatic carbocycles. The van der Waals surface area contributed by atoms with Crippen molar-refractivity contribution in [3.8, 4) is 5.75 Å². The molecule has 0 unspecified atom stereocenters. The summed E-state index contributed by atoms with van der Waals surface area (Å²) in [5.74, 6) is 0.953. The third-order valence-electron chi connectivity index (χ3n) is 4.91. The Labute approximate surface area is 156 Å². The molecule has 1 fully saturated rings. The van der Waals surface area contributed by atoms with Crippen molar-refractivity contribution in [1.29, 1.82) is 0 Å². The number of nitrogens with zero attached hydrogens (tertiary/aromatic N) is 2. The summed E-state index contributed by atoms with van der Waals surface area (Å²) in [5.41, 5.74) is 3.03. The highest BCUT2D eigenvalue weighted by Crippen LogP contribution is 2.21. The van der Waals surface area contributed by atoms with E-state index in [9.17, 15) is 8.42 Å². The molecule has 3 rings (SSSR count). The van der Waals surface area contributed by atoms with Crippen molar-refractivity contribution in [3.05, 3.63) is 65.2 Å². The number of piperazine rings is 1. The van der Waals surface area contributed by atoms with Crippen molar-refractivity contribution in [3.63, 3.8) is 0 Å². The number of hydrogen-bond acceptors (Lipinski definition) is 4. The van der Waals surface area contributed by atoms with Crippen LogP contribution in [0.2, 0.25) is 0 Å². The van der Waals surface area contributed by atoms with Crippen LogP contribution in [0.25, 0.3) is 0 Å². The van der Waals surface area contributed by atoms with Crippen LogP contribution in [0, 0.1) is 6.92 Å². The van der Waals surface area contributed by atoms with Crippen LogP contribution < -0.4 is 4.74 Å². The molecule has 6 heteroatoms. The van der Waals surface area contributed by atoms with Gasteiger partial charge in [0.05, 0.1) is 12.9 Å². The minimum Gasteiger partial charge on any atom is -0.496 e.